The molecule has 1 aromatic carbocycles. The summed E-state index contributed by atoms with van der Waals surface area (Å²) in [5.74, 6) is 0.468. The van der Waals surface area contributed by atoms with Gasteiger partial charge in [0.25, 0.3) is 11.8 Å². The van der Waals surface area contributed by atoms with Crippen molar-refractivity contribution < 1.29 is 9.59 Å². The molecule has 1 saturated carbocycles. The Morgan fingerprint density at radius 3 is 2.62 bits per heavy atom. The zero-order chi connectivity index (χ0) is 22.7. The summed E-state index contributed by atoms with van der Waals surface area (Å²) in [5.41, 5.74) is 2.80. The number of rotatable bonds is 5. The minimum absolute atomic E-state index is 0.0221. The van der Waals surface area contributed by atoms with Crippen molar-refractivity contribution in [2.24, 2.45) is 0 Å². The van der Waals surface area contributed by atoms with Crippen LogP contribution in [0.1, 0.15) is 83.2 Å². The third kappa shape index (κ3) is 4.76. The van der Waals surface area contributed by atoms with Gasteiger partial charge in [-0.25, -0.2) is 9.97 Å². The fourth-order valence-electron chi connectivity index (χ4n) is 4.80. The maximum absolute atomic E-state index is 13.5. The van der Waals surface area contributed by atoms with E-state index in [2.05, 4.69) is 15.3 Å². The first-order valence-electron chi connectivity index (χ1n) is 11.7. The van der Waals surface area contributed by atoms with Crippen LogP contribution in [0.4, 0.5) is 5.69 Å². The number of aryl methyl sites for hydroxylation is 1. The monoisotopic (exact) mass is 435 g/mol. The first kappa shape index (κ1) is 22.2. The number of aromatic nitrogens is 2. The van der Waals surface area contributed by atoms with Crippen molar-refractivity contribution in [3.8, 4) is 0 Å². The molecule has 2 aliphatic rings. The molecule has 1 N–H and O–H groups in total. The lowest BCUT2D eigenvalue weighted by Crippen LogP contribution is -2.38. The number of carbonyl (C=O) groups excluding carboxylic acids is 2. The summed E-state index contributed by atoms with van der Waals surface area (Å²) >= 11 is 0. The molecule has 4 rings (SSSR count). The van der Waals surface area contributed by atoms with Gasteiger partial charge in [0.1, 0.15) is 5.82 Å². The third-order valence-electron chi connectivity index (χ3n) is 6.56. The van der Waals surface area contributed by atoms with Crippen molar-refractivity contribution in [1.29, 1.82) is 0 Å². The van der Waals surface area contributed by atoms with Crippen LogP contribution in [0, 0.1) is 6.92 Å². The summed E-state index contributed by atoms with van der Waals surface area (Å²) < 4.78 is 0. The van der Waals surface area contributed by atoms with Crippen LogP contribution < -0.4 is 10.2 Å². The first-order chi connectivity index (χ1) is 15.4. The van der Waals surface area contributed by atoms with Gasteiger partial charge in [0.05, 0.1) is 17.3 Å². The Balaban J connectivity index is 1.60. The van der Waals surface area contributed by atoms with Crippen LogP contribution in [-0.2, 0) is 0 Å². The third-order valence-corrected chi connectivity index (χ3v) is 6.56. The molecular formula is C25H33N5O2. The van der Waals surface area contributed by atoms with E-state index >= 15 is 0 Å². The van der Waals surface area contributed by atoms with Gasteiger partial charge < -0.3 is 15.1 Å². The van der Waals surface area contributed by atoms with Gasteiger partial charge in [0.15, 0.2) is 0 Å². The Morgan fingerprint density at radius 2 is 1.88 bits per heavy atom. The SMILES string of the molecule is Cc1ncc(C(=O)NC2CCCCC2)c([C@@H]2CCCN2C(=O)c2cccc(N(C)C)c2)n1. The van der Waals surface area contributed by atoms with Gasteiger partial charge in [0, 0.05) is 44.1 Å². The van der Waals surface area contributed by atoms with Crippen molar-refractivity contribution in [2.75, 3.05) is 25.5 Å². The second-order valence-electron chi connectivity index (χ2n) is 9.13. The van der Waals surface area contributed by atoms with Crippen LogP contribution in [0.2, 0.25) is 0 Å². The lowest BCUT2D eigenvalue weighted by molar-refractivity contribution is 0.0728. The van der Waals surface area contributed by atoms with Crippen molar-refractivity contribution in [2.45, 2.75) is 64.0 Å². The highest BCUT2D eigenvalue weighted by atomic mass is 16.2. The number of likely N-dealkylation sites (tertiary alicyclic amines) is 1. The highest BCUT2D eigenvalue weighted by Crippen LogP contribution is 2.34. The largest absolute Gasteiger partial charge is 0.378 e. The molecular weight excluding hydrogens is 402 g/mol. The fraction of sp³-hybridized carbons (Fsp3) is 0.520. The van der Waals surface area contributed by atoms with E-state index in [9.17, 15) is 9.59 Å². The van der Waals surface area contributed by atoms with Gasteiger partial charge in [-0.3, -0.25) is 9.59 Å². The van der Waals surface area contributed by atoms with Crippen molar-refractivity contribution in [1.82, 2.24) is 20.2 Å². The quantitative estimate of drug-likeness (QED) is 0.771. The summed E-state index contributed by atoms with van der Waals surface area (Å²) in [6.45, 7) is 2.48. The Morgan fingerprint density at radius 1 is 1.09 bits per heavy atom. The molecule has 170 valence electrons. The Labute approximate surface area is 190 Å². The predicted molar refractivity (Wildman–Crippen MR) is 125 cm³/mol. The Hall–Kier alpha value is -2.96. The van der Waals surface area contributed by atoms with Crippen molar-refractivity contribution >= 4 is 17.5 Å². The molecule has 1 aliphatic heterocycles. The van der Waals surface area contributed by atoms with Crippen LogP contribution in [0.25, 0.3) is 0 Å². The van der Waals surface area contributed by atoms with E-state index in [0.29, 0.717) is 29.2 Å². The number of hydrogen-bond donors (Lipinski definition) is 1. The number of hydrogen-bond acceptors (Lipinski definition) is 5. The molecule has 32 heavy (non-hydrogen) atoms. The summed E-state index contributed by atoms with van der Waals surface area (Å²) in [4.78, 5) is 39.4. The number of nitrogens with one attached hydrogen (secondary N) is 1. The minimum Gasteiger partial charge on any atom is -0.378 e. The summed E-state index contributed by atoms with van der Waals surface area (Å²) in [5, 5.41) is 3.19. The fourth-order valence-corrected chi connectivity index (χ4v) is 4.80. The van der Waals surface area contributed by atoms with E-state index in [0.717, 1.165) is 44.2 Å². The molecule has 1 aliphatic carbocycles. The number of benzene rings is 1. The molecule has 1 aromatic heterocycles. The predicted octanol–water partition coefficient (Wildman–Crippen LogP) is 3.89. The molecule has 2 fully saturated rings. The normalized spacial score (nSPS) is 19.1. The highest BCUT2D eigenvalue weighted by Gasteiger charge is 2.35. The molecule has 7 nitrogen and oxygen atoms in total. The summed E-state index contributed by atoms with van der Waals surface area (Å²) in [6.07, 6.45) is 8.88. The van der Waals surface area contributed by atoms with Crippen molar-refractivity contribution in [3.05, 3.63) is 53.1 Å². The molecule has 2 amide bonds. The average Bonchev–Trinajstić information content (AvgIpc) is 3.29. The zero-order valence-electron chi connectivity index (χ0n) is 19.3. The van der Waals surface area contributed by atoms with Crippen LogP contribution in [0.5, 0.6) is 0 Å². The van der Waals surface area contributed by atoms with Gasteiger partial charge in [-0.05, 0) is 50.8 Å². The van der Waals surface area contributed by atoms with Gasteiger partial charge in [-0.15, -0.1) is 0 Å². The highest BCUT2D eigenvalue weighted by molar-refractivity contribution is 5.97. The molecule has 7 heteroatoms. The molecule has 1 atom stereocenters. The van der Waals surface area contributed by atoms with E-state index < -0.39 is 0 Å². The summed E-state index contributed by atoms with van der Waals surface area (Å²) in [7, 11) is 3.92. The number of carbonyl (C=O) groups is 2. The molecule has 1 saturated heterocycles. The number of anilines is 1. The van der Waals surface area contributed by atoms with E-state index in [4.69, 9.17) is 0 Å². The summed E-state index contributed by atoms with van der Waals surface area (Å²) in [6, 6.07) is 7.65. The van der Waals surface area contributed by atoms with E-state index in [1.54, 1.807) is 6.20 Å². The second-order valence-corrected chi connectivity index (χ2v) is 9.13. The molecule has 0 unspecified atom stereocenters. The minimum atomic E-state index is -0.223. The average molecular weight is 436 g/mol. The maximum Gasteiger partial charge on any atom is 0.255 e. The van der Waals surface area contributed by atoms with Crippen LogP contribution in [0.3, 0.4) is 0 Å². The molecule has 0 bridgehead atoms. The van der Waals surface area contributed by atoms with Gasteiger partial charge in [-0.2, -0.15) is 0 Å². The van der Waals surface area contributed by atoms with Gasteiger partial charge in [-0.1, -0.05) is 25.3 Å². The van der Waals surface area contributed by atoms with Gasteiger partial charge >= 0.3 is 0 Å². The molecule has 2 heterocycles. The van der Waals surface area contributed by atoms with E-state index in [-0.39, 0.29) is 23.9 Å². The lowest BCUT2D eigenvalue weighted by atomic mass is 9.95. The maximum atomic E-state index is 13.5. The van der Waals surface area contributed by atoms with Crippen LogP contribution in [-0.4, -0.2) is 53.4 Å². The van der Waals surface area contributed by atoms with Crippen LogP contribution >= 0.6 is 0 Å². The van der Waals surface area contributed by atoms with E-state index in [1.165, 1.54) is 6.42 Å². The smallest absolute Gasteiger partial charge is 0.255 e. The van der Waals surface area contributed by atoms with Crippen LogP contribution in [0.15, 0.2) is 30.5 Å². The Kier molecular flexibility index (Phi) is 6.72. The van der Waals surface area contributed by atoms with Gasteiger partial charge in [0.2, 0.25) is 0 Å². The number of amides is 2. The lowest BCUT2D eigenvalue weighted by Gasteiger charge is -2.27. The second kappa shape index (κ2) is 9.67. The topological polar surface area (TPSA) is 78.4 Å². The Bertz CT molecular complexity index is 984. The van der Waals surface area contributed by atoms with Crippen molar-refractivity contribution in [3.63, 3.8) is 0 Å². The standard InChI is InChI=1S/C25H33N5O2/c1-17-26-16-21(24(31)28-19-10-5-4-6-11-19)23(27-17)22-13-8-14-30(22)25(32)18-9-7-12-20(15-18)29(2)3/h7,9,12,15-16,19,22H,4-6,8,10-11,13-14H2,1-3H3,(H,28,31)/t22-/m0/s1. The first-order valence-corrected chi connectivity index (χ1v) is 11.7. The molecule has 2 aromatic rings. The van der Waals surface area contributed by atoms with E-state index in [1.807, 2.05) is 55.1 Å². The zero-order valence-corrected chi connectivity index (χ0v) is 19.3. The molecule has 0 spiro atoms. The molecule has 0 radical (unpaired) electrons. The number of nitrogens with zero attached hydrogens (tertiary/aromatic N) is 4.